The summed E-state index contributed by atoms with van der Waals surface area (Å²) in [5, 5.41) is 5.99. The van der Waals surface area contributed by atoms with Crippen LogP contribution in [0.1, 0.15) is 30.5 Å². The number of urea groups is 1. The van der Waals surface area contributed by atoms with E-state index in [4.69, 9.17) is 10.5 Å². The average molecular weight is 325 g/mol. The largest absolute Gasteiger partial charge is 0.487 e. The van der Waals surface area contributed by atoms with Gasteiger partial charge < -0.3 is 21.1 Å². The number of fused-ring (bicyclic) bond motifs is 1. The van der Waals surface area contributed by atoms with Crippen molar-refractivity contribution in [2.45, 2.75) is 39.0 Å². The summed E-state index contributed by atoms with van der Waals surface area (Å²) >= 11 is 0. The van der Waals surface area contributed by atoms with Crippen molar-refractivity contribution in [1.29, 1.82) is 0 Å². The van der Waals surface area contributed by atoms with Gasteiger partial charge in [-0.25, -0.2) is 4.79 Å². The van der Waals surface area contributed by atoms with Crippen LogP contribution in [0.25, 0.3) is 0 Å². The van der Waals surface area contributed by atoms with E-state index in [1.165, 1.54) is 11.1 Å². The Kier molecular flexibility index (Phi) is 4.44. The molecule has 2 amide bonds. The van der Waals surface area contributed by atoms with Gasteiger partial charge in [-0.2, -0.15) is 0 Å². The van der Waals surface area contributed by atoms with Crippen LogP contribution in [0.5, 0.6) is 5.75 Å². The predicted molar refractivity (Wildman–Crippen MR) is 95.0 cm³/mol. The normalized spacial score (nSPS) is 14.8. The van der Waals surface area contributed by atoms with Gasteiger partial charge in [0.1, 0.15) is 11.4 Å². The molecule has 0 fully saturated rings. The van der Waals surface area contributed by atoms with E-state index >= 15 is 0 Å². The Balaban J connectivity index is 1.53. The molecule has 0 aliphatic carbocycles. The third kappa shape index (κ3) is 4.06. The molecule has 1 aliphatic heterocycles. The lowest BCUT2D eigenvalue weighted by Gasteiger charge is -2.16. The van der Waals surface area contributed by atoms with Crippen LogP contribution < -0.4 is 21.1 Å². The predicted octanol–water partition coefficient (Wildman–Crippen LogP) is 3.18. The fraction of sp³-hybridized carbons (Fsp3) is 0.316. The van der Waals surface area contributed by atoms with E-state index < -0.39 is 6.03 Å². The topological polar surface area (TPSA) is 76.4 Å². The van der Waals surface area contributed by atoms with Crippen molar-refractivity contribution in [1.82, 2.24) is 5.32 Å². The summed E-state index contributed by atoms with van der Waals surface area (Å²) in [5.41, 5.74) is 9.37. The fourth-order valence-corrected chi connectivity index (χ4v) is 2.97. The Labute approximate surface area is 142 Å². The van der Waals surface area contributed by atoms with Crippen molar-refractivity contribution in [2.24, 2.45) is 5.73 Å². The molecule has 0 aromatic heterocycles. The molecule has 3 rings (SSSR count). The number of amides is 2. The molecule has 0 spiro atoms. The Bertz CT molecular complexity index is 739. The van der Waals surface area contributed by atoms with Gasteiger partial charge >= 0.3 is 6.03 Å². The molecule has 0 unspecified atom stereocenters. The van der Waals surface area contributed by atoms with Gasteiger partial charge in [0, 0.05) is 25.2 Å². The first kappa shape index (κ1) is 16.3. The average Bonchev–Trinajstić information content (AvgIpc) is 2.81. The van der Waals surface area contributed by atoms with Crippen LogP contribution in [0.3, 0.4) is 0 Å². The quantitative estimate of drug-likeness (QED) is 0.790. The molecule has 2 aromatic carbocycles. The molecule has 126 valence electrons. The SMILES string of the molecule is CC1(C)Cc2cc(CNCc3ccc(NC(N)=O)cc3)ccc2O1. The lowest BCUT2D eigenvalue weighted by molar-refractivity contribution is 0.138. The lowest BCUT2D eigenvalue weighted by atomic mass is 10.0. The van der Waals surface area contributed by atoms with Crippen LogP contribution in [0.4, 0.5) is 10.5 Å². The number of anilines is 1. The molecular weight excluding hydrogens is 302 g/mol. The zero-order chi connectivity index (χ0) is 17.2. The highest BCUT2D eigenvalue weighted by Gasteiger charge is 2.29. The number of carbonyl (C=O) groups is 1. The van der Waals surface area contributed by atoms with E-state index in [2.05, 4.69) is 42.7 Å². The first-order valence-electron chi connectivity index (χ1n) is 8.08. The molecule has 5 heteroatoms. The zero-order valence-corrected chi connectivity index (χ0v) is 14.1. The number of primary amides is 1. The molecule has 1 aliphatic rings. The van der Waals surface area contributed by atoms with Crippen LogP contribution >= 0.6 is 0 Å². The molecule has 2 aromatic rings. The second-order valence-corrected chi connectivity index (χ2v) is 6.77. The number of ether oxygens (including phenoxy) is 1. The number of nitrogens with one attached hydrogen (secondary N) is 2. The van der Waals surface area contributed by atoms with Gasteiger partial charge in [0.15, 0.2) is 0 Å². The molecule has 4 N–H and O–H groups in total. The van der Waals surface area contributed by atoms with Crippen molar-refractivity contribution in [3.63, 3.8) is 0 Å². The lowest BCUT2D eigenvalue weighted by Crippen LogP contribution is -2.24. The van der Waals surface area contributed by atoms with Crippen molar-refractivity contribution < 1.29 is 9.53 Å². The van der Waals surface area contributed by atoms with Gasteiger partial charge in [-0.1, -0.05) is 24.3 Å². The van der Waals surface area contributed by atoms with Crippen LogP contribution in [0.2, 0.25) is 0 Å². The van der Waals surface area contributed by atoms with Gasteiger partial charge in [-0.3, -0.25) is 0 Å². The van der Waals surface area contributed by atoms with E-state index in [1.807, 2.05) is 24.3 Å². The third-order valence-corrected chi connectivity index (χ3v) is 4.01. The van der Waals surface area contributed by atoms with Gasteiger partial charge in [0.2, 0.25) is 0 Å². The monoisotopic (exact) mass is 325 g/mol. The summed E-state index contributed by atoms with van der Waals surface area (Å²) in [6, 6.07) is 13.5. The second kappa shape index (κ2) is 6.53. The standard InChI is InChI=1S/C19H23N3O2/c1-19(2)10-15-9-14(5-8-17(15)24-19)12-21-11-13-3-6-16(7-4-13)22-18(20)23/h3-9,21H,10-12H2,1-2H3,(H3,20,22,23). The Morgan fingerprint density at radius 2 is 1.79 bits per heavy atom. The van der Waals surface area contributed by atoms with Crippen LogP contribution in [-0.4, -0.2) is 11.6 Å². The van der Waals surface area contributed by atoms with E-state index in [0.717, 1.165) is 30.8 Å². The highest BCUT2D eigenvalue weighted by molar-refractivity contribution is 5.87. The summed E-state index contributed by atoms with van der Waals surface area (Å²) in [6.07, 6.45) is 0.949. The minimum Gasteiger partial charge on any atom is -0.487 e. The van der Waals surface area contributed by atoms with Crippen LogP contribution in [-0.2, 0) is 19.5 Å². The Hall–Kier alpha value is -2.53. The smallest absolute Gasteiger partial charge is 0.316 e. The summed E-state index contributed by atoms with van der Waals surface area (Å²) in [6.45, 7) is 5.79. The van der Waals surface area contributed by atoms with E-state index in [1.54, 1.807) is 0 Å². The van der Waals surface area contributed by atoms with Crippen molar-refractivity contribution in [3.05, 3.63) is 59.2 Å². The van der Waals surface area contributed by atoms with E-state index in [-0.39, 0.29) is 5.60 Å². The number of benzene rings is 2. The Morgan fingerprint density at radius 3 is 2.50 bits per heavy atom. The first-order valence-corrected chi connectivity index (χ1v) is 8.08. The van der Waals surface area contributed by atoms with Gasteiger partial charge in [0.25, 0.3) is 0 Å². The van der Waals surface area contributed by atoms with Gasteiger partial charge in [-0.15, -0.1) is 0 Å². The molecule has 0 saturated heterocycles. The number of hydrogen-bond donors (Lipinski definition) is 3. The summed E-state index contributed by atoms with van der Waals surface area (Å²) in [5.74, 6) is 1.00. The molecule has 24 heavy (non-hydrogen) atoms. The minimum atomic E-state index is -0.551. The Morgan fingerprint density at radius 1 is 1.12 bits per heavy atom. The molecule has 0 radical (unpaired) electrons. The van der Waals surface area contributed by atoms with E-state index in [0.29, 0.717) is 5.69 Å². The number of rotatable bonds is 5. The van der Waals surface area contributed by atoms with Crippen molar-refractivity contribution in [2.75, 3.05) is 5.32 Å². The van der Waals surface area contributed by atoms with Crippen LogP contribution in [0, 0.1) is 0 Å². The zero-order valence-electron chi connectivity index (χ0n) is 14.1. The molecule has 5 nitrogen and oxygen atoms in total. The summed E-state index contributed by atoms with van der Waals surface area (Å²) in [7, 11) is 0. The fourth-order valence-electron chi connectivity index (χ4n) is 2.97. The third-order valence-electron chi connectivity index (χ3n) is 4.01. The van der Waals surface area contributed by atoms with E-state index in [9.17, 15) is 4.79 Å². The maximum absolute atomic E-state index is 10.8. The van der Waals surface area contributed by atoms with Crippen LogP contribution in [0.15, 0.2) is 42.5 Å². The molecule has 0 atom stereocenters. The first-order chi connectivity index (χ1) is 11.4. The minimum absolute atomic E-state index is 0.102. The van der Waals surface area contributed by atoms with Gasteiger partial charge in [0.05, 0.1) is 0 Å². The van der Waals surface area contributed by atoms with Crippen molar-refractivity contribution >= 4 is 11.7 Å². The van der Waals surface area contributed by atoms with Gasteiger partial charge in [-0.05, 0) is 48.7 Å². The second-order valence-electron chi connectivity index (χ2n) is 6.77. The molecule has 1 heterocycles. The number of carbonyl (C=O) groups excluding carboxylic acids is 1. The maximum Gasteiger partial charge on any atom is 0.316 e. The molecule has 0 bridgehead atoms. The highest BCUT2D eigenvalue weighted by Crippen LogP contribution is 2.35. The maximum atomic E-state index is 10.8. The number of hydrogen-bond acceptors (Lipinski definition) is 3. The molecule has 0 saturated carbocycles. The summed E-state index contributed by atoms with van der Waals surface area (Å²) < 4.78 is 5.90. The van der Waals surface area contributed by atoms with Crippen molar-refractivity contribution in [3.8, 4) is 5.75 Å². The summed E-state index contributed by atoms with van der Waals surface area (Å²) in [4.78, 5) is 10.8. The molecular formula is C19H23N3O2. The highest BCUT2D eigenvalue weighted by atomic mass is 16.5. The number of nitrogens with two attached hydrogens (primary N) is 1.